The Bertz CT molecular complexity index is 558. The quantitative estimate of drug-likeness (QED) is 0.628. The zero-order chi connectivity index (χ0) is 13.0. The van der Waals surface area contributed by atoms with E-state index in [-0.39, 0.29) is 18.0 Å². The Labute approximate surface area is 108 Å². The fourth-order valence-corrected chi connectivity index (χ4v) is 1.50. The Morgan fingerprint density at radius 3 is 2.67 bits per heavy atom. The van der Waals surface area contributed by atoms with Crippen LogP contribution in [-0.2, 0) is 6.61 Å². The summed E-state index contributed by atoms with van der Waals surface area (Å²) >= 11 is 5.76. The molecule has 2 aromatic rings. The molecule has 18 heavy (non-hydrogen) atoms. The van der Waals surface area contributed by atoms with Gasteiger partial charge in [-0.3, -0.25) is 15.1 Å². The Morgan fingerprint density at radius 1 is 1.28 bits per heavy atom. The molecule has 5 nitrogen and oxygen atoms in total. The molecule has 92 valence electrons. The highest BCUT2D eigenvalue weighted by Gasteiger charge is 2.14. The number of nitrogens with zero attached hydrogens (tertiary/aromatic N) is 2. The zero-order valence-corrected chi connectivity index (χ0v) is 10.0. The molecule has 0 saturated carbocycles. The number of pyridine rings is 1. The van der Waals surface area contributed by atoms with Crippen molar-refractivity contribution in [2.75, 3.05) is 0 Å². The van der Waals surface area contributed by atoms with Gasteiger partial charge in [0, 0.05) is 17.3 Å². The first-order chi connectivity index (χ1) is 8.66. The molecule has 0 N–H and O–H groups in total. The lowest BCUT2D eigenvalue weighted by atomic mass is 10.2. The summed E-state index contributed by atoms with van der Waals surface area (Å²) in [6, 6.07) is 8.54. The van der Waals surface area contributed by atoms with E-state index in [0.29, 0.717) is 5.02 Å². The molecule has 0 radical (unpaired) electrons. The van der Waals surface area contributed by atoms with Gasteiger partial charge in [0.05, 0.1) is 4.92 Å². The fraction of sp³-hybridized carbons (Fsp3) is 0.0833. The van der Waals surface area contributed by atoms with Gasteiger partial charge < -0.3 is 4.74 Å². The molecular formula is C12H9ClN2O3. The molecule has 0 spiro atoms. The molecule has 1 aromatic carbocycles. The largest absolute Gasteiger partial charge is 0.482 e. The first kappa shape index (κ1) is 12.3. The van der Waals surface area contributed by atoms with Crippen LogP contribution >= 0.6 is 11.6 Å². The molecule has 0 saturated heterocycles. The summed E-state index contributed by atoms with van der Waals surface area (Å²) in [5.41, 5.74) is 0.733. The maximum Gasteiger partial charge on any atom is 0.329 e. The fourth-order valence-electron chi connectivity index (χ4n) is 1.37. The summed E-state index contributed by atoms with van der Waals surface area (Å²) in [5, 5.41) is 11.4. The first-order valence-corrected chi connectivity index (χ1v) is 5.50. The van der Waals surface area contributed by atoms with Crippen LogP contribution in [0.4, 0.5) is 5.69 Å². The number of hydrogen-bond donors (Lipinski definition) is 0. The Balaban J connectivity index is 2.10. The molecule has 2 rings (SSSR count). The van der Waals surface area contributed by atoms with Gasteiger partial charge >= 0.3 is 5.69 Å². The van der Waals surface area contributed by atoms with Crippen molar-refractivity contribution in [1.29, 1.82) is 0 Å². The third-order valence-corrected chi connectivity index (χ3v) is 2.52. The summed E-state index contributed by atoms with van der Waals surface area (Å²) in [6.07, 6.45) is 2.61. The lowest BCUT2D eigenvalue weighted by Crippen LogP contribution is -1.99. The van der Waals surface area contributed by atoms with Gasteiger partial charge in [0.25, 0.3) is 0 Å². The zero-order valence-electron chi connectivity index (χ0n) is 9.25. The normalized spacial score (nSPS) is 10.1. The van der Waals surface area contributed by atoms with Crippen molar-refractivity contribution in [3.8, 4) is 5.75 Å². The highest BCUT2D eigenvalue weighted by atomic mass is 35.5. The second-order valence-corrected chi connectivity index (χ2v) is 3.95. The van der Waals surface area contributed by atoms with Gasteiger partial charge in [-0.25, -0.2) is 0 Å². The van der Waals surface area contributed by atoms with Crippen LogP contribution in [0, 0.1) is 10.1 Å². The van der Waals surface area contributed by atoms with Gasteiger partial charge in [0.15, 0.2) is 0 Å². The lowest BCUT2D eigenvalue weighted by molar-refractivity contribution is -0.386. The van der Waals surface area contributed by atoms with Crippen molar-refractivity contribution in [3.63, 3.8) is 0 Å². The van der Waals surface area contributed by atoms with Crippen molar-refractivity contribution in [2.24, 2.45) is 0 Å². The van der Waals surface area contributed by atoms with Gasteiger partial charge in [-0.2, -0.15) is 0 Å². The molecule has 0 amide bonds. The van der Waals surface area contributed by atoms with Crippen LogP contribution < -0.4 is 4.74 Å². The molecule has 0 bridgehead atoms. The molecule has 0 aliphatic carbocycles. The average Bonchev–Trinajstić information content (AvgIpc) is 2.38. The van der Waals surface area contributed by atoms with E-state index in [0.717, 1.165) is 11.8 Å². The Kier molecular flexibility index (Phi) is 3.74. The number of halogens is 1. The predicted molar refractivity (Wildman–Crippen MR) is 66.7 cm³/mol. The number of hydrogen-bond acceptors (Lipinski definition) is 4. The molecule has 0 aliphatic rings. The minimum absolute atomic E-state index is 0.147. The smallest absolute Gasteiger partial charge is 0.329 e. The Hall–Kier alpha value is -2.14. The van der Waals surface area contributed by atoms with E-state index in [4.69, 9.17) is 16.3 Å². The van der Waals surface area contributed by atoms with E-state index >= 15 is 0 Å². The van der Waals surface area contributed by atoms with E-state index in [2.05, 4.69) is 4.98 Å². The molecule has 1 heterocycles. The SMILES string of the molecule is O=[N+]([O-])c1cnccc1OCc1ccc(Cl)cc1. The lowest BCUT2D eigenvalue weighted by Gasteiger charge is -2.06. The van der Waals surface area contributed by atoms with Crippen molar-refractivity contribution >= 4 is 17.3 Å². The summed E-state index contributed by atoms with van der Waals surface area (Å²) in [7, 11) is 0. The minimum atomic E-state index is -0.524. The standard InChI is InChI=1S/C12H9ClN2O3/c13-10-3-1-9(2-4-10)8-18-12-5-6-14-7-11(12)15(16)17/h1-7H,8H2. The maximum atomic E-state index is 10.7. The van der Waals surface area contributed by atoms with Crippen LogP contribution in [0.3, 0.4) is 0 Å². The van der Waals surface area contributed by atoms with Gasteiger partial charge in [0.1, 0.15) is 12.8 Å². The number of benzene rings is 1. The van der Waals surface area contributed by atoms with Gasteiger partial charge in [-0.05, 0) is 17.7 Å². The minimum Gasteiger partial charge on any atom is -0.482 e. The van der Waals surface area contributed by atoms with Crippen molar-refractivity contribution in [1.82, 2.24) is 4.98 Å². The van der Waals surface area contributed by atoms with Crippen LogP contribution in [0.2, 0.25) is 5.02 Å². The van der Waals surface area contributed by atoms with Crippen molar-refractivity contribution < 1.29 is 9.66 Å². The summed E-state index contributed by atoms with van der Waals surface area (Å²) in [6.45, 7) is 0.238. The van der Waals surface area contributed by atoms with E-state index in [9.17, 15) is 10.1 Å². The van der Waals surface area contributed by atoms with Crippen molar-refractivity contribution in [3.05, 3.63) is 63.4 Å². The van der Waals surface area contributed by atoms with Crippen LogP contribution in [-0.4, -0.2) is 9.91 Å². The maximum absolute atomic E-state index is 10.7. The number of ether oxygens (including phenoxy) is 1. The van der Waals surface area contributed by atoms with E-state index < -0.39 is 4.92 Å². The van der Waals surface area contributed by atoms with Crippen molar-refractivity contribution in [2.45, 2.75) is 6.61 Å². The molecule has 6 heteroatoms. The van der Waals surface area contributed by atoms with E-state index in [1.807, 2.05) is 0 Å². The molecular weight excluding hydrogens is 256 g/mol. The highest BCUT2D eigenvalue weighted by Crippen LogP contribution is 2.25. The van der Waals surface area contributed by atoms with Crippen LogP contribution in [0.5, 0.6) is 5.75 Å². The highest BCUT2D eigenvalue weighted by molar-refractivity contribution is 6.30. The number of rotatable bonds is 4. The third-order valence-electron chi connectivity index (χ3n) is 2.27. The number of aromatic nitrogens is 1. The van der Waals surface area contributed by atoms with Crippen LogP contribution in [0.25, 0.3) is 0 Å². The predicted octanol–water partition coefficient (Wildman–Crippen LogP) is 3.22. The van der Waals surface area contributed by atoms with Crippen LogP contribution in [0.15, 0.2) is 42.7 Å². The molecule has 0 unspecified atom stereocenters. The molecule has 1 aromatic heterocycles. The molecule has 0 atom stereocenters. The summed E-state index contributed by atoms with van der Waals surface area (Å²) in [4.78, 5) is 13.9. The topological polar surface area (TPSA) is 65.3 Å². The number of nitro groups is 1. The van der Waals surface area contributed by atoms with Gasteiger partial charge in [0.2, 0.25) is 5.75 Å². The molecule has 0 aliphatic heterocycles. The summed E-state index contributed by atoms with van der Waals surface area (Å²) in [5.74, 6) is 0.199. The van der Waals surface area contributed by atoms with Gasteiger partial charge in [-0.15, -0.1) is 0 Å². The average molecular weight is 265 g/mol. The first-order valence-electron chi connectivity index (χ1n) is 5.12. The second kappa shape index (κ2) is 5.46. The van der Waals surface area contributed by atoms with E-state index in [1.54, 1.807) is 24.3 Å². The van der Waals surface area contributed by atoms with Gasteiger partial charge in [-0.1, -0.05) is 23.7 Å². The third kappa shape index (κ3) is 2.95. The monoisotopic (exact) mass is 264 g/mol. The molecule has 0 fully saturated rings. The Morgan fingerprint density at radius 2 is 2.00 bits per heavy atom. The van der Waals surface area contributed by atoms with Crippen LogP contribution in [0.1, 0.15) is 5.56 Å². The summed E-state index contributed by atoms with van der Waals surface area (Å²) < 4.78 is 5.40. The van der Waals surface area contributed by atoms with E-state index in [1.165, 1.54) is 12.3 Å². The second-order valence-electron chi connectivity index (χ2n) is 3.52.